The molecule has 0 aliphatic carbocycles. The average Bonchev–Trinajstić information content (AvgIpc) is 2.67. The van der Waals surface area contributed by atoms with Gasteiger partial charge in [-0.05, 0) is 37.3 Å². The van der Waals surface area contributed by atoms with Crippen LogP contribution in [-0.2, 0) is 16.5 Å². The number of carbonyl (C=O) groups is 2. The predicted molar refractivity (Wildman–Crippen MR) is 100.0 cm³/mol. The van der Waals surface area contributed by atoms with E-state index in [1.165, 1.54) is 26.1 Å². The van der Waals surface area contributed by atoms with Gasteiger partial charge in [-0.2, -0.15) is 13.2 Å². The van der Waals surface area contributed by atoms with Crippen molar-refractivity contribution < 1.29 is 27.2 Å². The van der Waals surface area contributed by atoms with Gasteiger partial charge < -0.3 is 11.1 Å². The highest BCUT2D eigenvalue weighted by Gasteiger charge is 2.38. The SMILES string of the molecule is CN1C(=O)C[C@@](C)(c2cc(NC(=O)c3ccc(C(F)(F)F)cn3)ccc2F)N=C1N. The molecule has 0 spiro atoms. The van der Waals surface area contributed by atoms with E-state index >= 15 is 0 Å². The Morgan fingerprint density at radius 1 is 1.27 bits per heavy atom. The van der Waals surface area contributed by atoms with Crippen LogP contribution in [0.15, 0.2) is 41.5 Å². The van der Waals surface area contributed by atoms with Crippen molar-refractivity contribution in [2.75, 3.05) is 12.4 Å². The zero-order valence-electron chi connectivity index (χ0n) is 15.9. The second-order valence-corrected chi connectivity index (χ2v) is 6.95. The van der Waals surface area contributed by atoms with E-state index in [-0.39, 0.29) is 35.2 Å². The molecule has 0 saturated carbocycles. The number of guanidine groups is 1. The van der Waals surface area contributed by atoms with Gasteiger partial charge in [0.15, 0.2) is 5.96 Å². The van der Waals surface area contributed by atoms with Gasteiger partial charge in [-0.1, -0.05) is 0 Å². The number of aromatic nitrogens is 1. The van der Waals surface area contributed by atoms with Gasteiger partial charge >= 0.3 is 6.18 Å². The summed E-state index contributed by atoms with van der Waals surface area (Å²) in [6.07, 6.45) is -4.16. The van der Waals surface area contributed by atoms with Gasteiger partial charge in [-0.15, -0.1) is 0 Å². The third-order valence-corrected chi connectivity index (χ3v) is 4.70. The number of halogens is 4. The number of aliphatic imine (C=N–C) groups is 1. The van der Waals surface area contributed by atoms with Crippen LogP contribution in [-0.4, -0.2) is 34.7 Å². The number of nitrogens with two attached hydrogens (primary N) is 1. The Hall–Kier alpha value is -3.50. The molecule has 0 bridgehead atoms. The molecule has 3 rings (SSSR count). The van der Waals surface area contributed by atoms with Crippen LogP contribution in [0.25, 0.3) is 0 Å². The summed E-state index contributed by atoms with van der Waals surface area (Å²) >= 11 is 0. The molecule has 1 aliphatic rings. The molecule has 3 N–H and O–H groups in total. The molecule has 0 fully saturated rings. The highest BCUT2D eigenvalue weighted by Crippen LogP contribution is 2.36. The molecule has 1 aromatic heterocycles. The number of amides is 2. The first kappa shape index (κ1) is 21.2. The van der Waals surface area contributed by atoms with Crippen LogP contribution in [0.5, 0.6) is 0 Å². The summed E-state index contributed by atoms with van der Waals surface area (Å²) in [5.41, 5.74) is 3.40. The lowest BCUT2D eigenvalue weighted by Gasteiger charge is -2.34. The molecule has 2 aromatic rings. The van der Waals surface area contributed by atoms with Gasteiger partial charge in [0.1, 0.15) is 11.5 Å². The van der Waals surface area contributed by atoms with E-state index in [9.17, 15) is 27.2 Å². The lowest BCUT2D eigenvalue weighted by Crippen LogP contribution is -2.47. The third-order valence-electron chi connectivity index (χ3n) is 4.70. The van der Waals surface area contributed by atoms with Crippen molar-refractivity contribution in [3.05, 3.63) is 59.2 Å². The summed E-state index contributed by atoms with van der Waals surface area (Å²) in [6, 6.07) is 5.33. The van der Waals surface area contributed by atoms with Crippen molar-refractivity contribution in [1.82, 2.24) is 9.88 Å². The maximum absolute atomic E-state index is 14.5. The molecule has 30 heavy (non-hydrogen) atoms. The molecule has 0 radical (unpaired) electrons. The lowest BCUT2D eigenvalue weighted by atomic mass is 9.87. The minimum Gasteiger partial charge on any atom is -0.369 e. The van der Waals surface area contributed by atoms with Gasteiger partial charge in [-0.25, -0.2) is 9.38 Å². The number of benzene rings is 1. The second-order valence-electron chi connectivity index (χ2n) is 6.95. The molecule has 7 nitrogen and oxygen atoms in total. The number of pyridine rings is 1. The van der Waals surface area contributed by atoms with Gasteiger partial charge in [0.2, 0.25) is 5.91 Å². The Labute approximate surface area is 168 Å². The van der Waals surface area contributed by atoms with Crippen molar-refractivity contribution in [3.8, 4) is 0 Å². The summed E-state index contributed by atoms with van der Waals surface area (Å²) in [5, 5.41) is 2.45. The molecule has 1 aliphatic heterocycles. The molecular formula is C19H17F4N5O2. The average molecular weight is 423 g/mol. The van der Waals surface area contributed by atoms with E-state index in [1.807, 2.05) is 0 Å². The zero-order valence-corrected chi connectivity index (χ0v) is 15.9. The second kappa shape index (κ2) is 7.39. The van der Waals surface area contributed by atoms with Crippen molar-refractivity contribution in [1.29, 1.82) is 0 Å². The van der Waals surface area contributed by atoms with E-state index in [0.29, 0.717) is 6.20 Å². The summed E-state index contributed by atoms with van der Waals surface area (Å²) in [4.78, 5) is 33.3. The van der Waals surface area contributed by atoms with Crippen LogP contribution < -0.4 is 11.1 Å². The molecule has 11 heteroatoms. The Balaban J connectivity index is 1.87. The molecular weight excluding hydrogens is 406 g/mol. The fraction of sp³-hybridized carbons (Fsp3) is 0.263. The Morgan fingerprint density at radius 2 is 1.97 bits per heavy atom. The van der Waals surface area contributed by atoms with Gasteiger partial charge in [0, 0.05) is 24.5 Å². The van der Waals surface area contributed by atoms with E-state index in [1.54, 1.807) is 0 Å². The Bertz CT molecular complexity index is 1040. The van der Waals surface area contributed by atoms with Crippen molar-refractivity contribution in [2.45, 2.75) is 25.1 Å². The highest BCUT2D eigenvalue weighted by atomic mass is 19.4. The van der Waals surface area contributed by atoms with E-state index in [4.69, 9.17) is 5.73 Å². The number of alkyl halides is 3. The molecule has 2 amide bonds. The first-order chi connectivity index (χ1) is 13.9. The number of carbonyl (C=O) groups excluding carboxylic acids is 2. The first-order valence-corrected chi connectivity index (χ1v) is 8.67. The fourth-order valence-electron chi connectivity index (χ4n) is 2.97. The predicted octanol–water partition coefficient (Wildman–Crippen LogP) is 2.88. The van der Waals surface area contributed by atoms with Gasteiger partial charge in [0.25, 0.3) is 5.91 Å². The minimum atomic E-state index is -4.57. The molecule has 1 aromatic carbocycles. The zero-order chi connectivity index (χ0) is 22.3. The summed E-state index contributed by atoms with van der Waals surface area (Å²) in [5.74, 6) is -1.87. The van der Waals surface area contributed by atoms with Crippen molar-refractivity contribution in [3.63, 3.8) is 0 Å². The van der Waals surface area contributed by atoms with Crippen LogP contribution in [0.1, 0.15) is 35.0 Å². The lowest BCUT2D eigenvalue weighted by molar-refractivity contribution is -0.137. The number of hydrogen-bond acceptors (Lipinski definition) is 5. The molecule has 1 atom stereocenters. The van der Waals surface area contributed by atoms with Crippen LogP contribution in [0.2, 0.25) is 0 Å². The van der Waals surface area contributed by atoms with Gasteiger partial charge in [-0.3, -0.25) is 19.5 Å². The number of anilines is 1. The monoisotopic (exact) mass is 423 g/mol. The number of nitrogens with one attached hydrogen (secondary N) is 1. The number of hydrogen-bond donors (Lipinski definition) is 2. The fourth-order valence-corrected chi connectivity index (χ4v) is 2.97. The minimum absolute atomic E-state index is 0.0325. The summed E-state index contributed by atoms with van der Waals surface area (Å²) in [6.45, 7) is 1.53. The quantitative estimate of drug-likeness (QED) is 0.742. The normalized spacial score (nSPS) is 19.5. The van der Waals surface area contributed by atoms with Crippen LogP contribution >= 0.6 is 0 Å². The molecule has 158 valence electrons. The van der Waals surface area contributed by atoms with E-state index in [2.05, 4.69) is 15.3 Å². The Morgan fingerprint density at radius 3 is 2.53 bits per heavy atom. The molecule has 0 saturated heterocycles. The summed E-state index contributed by atoms with van der Waals surface area (Å²) < 4.78 is 52.4. The number of nitrogens with zero attached hydrogens (tertiary/aromatic N) is 3. The molecule has 0 unspecified atom stereocenters. The highest BCUT2D eigenvalue weighted by molar-refractivity contribution is 6.03. The van der Waals surface area contributed by atoms with Crippen molar-refractivity contribution in [2.24, 2.45) is 10.7 Å². The van der Waals surface area contributed by atoms with Crippen LogP contribution in [0.3, 0.4) is 0 Å². The van der Waals surface area contributed by atoms with Gasteiger partial charge in [0.05, 0.1) is 17.5 Å². The van der Waals surface area contributed by atoms with Crippen LogP contribution in [0, 0.1) is 5.82 Å². The maximum atomic E-state index is 14.5. The third kappa shape index (κ3) is 4.09. The van der Waals surface area contributed by atoms with E-state index in [0.717, 1.165) is 23.1 Å². The molecule has 2 heterocycles. The maximum Gasteiger partial charge on any atom is 0.417 e. The topological polar surface area (TPSA) is 101 Å². The Kier molecular flexibility index (Phi) is 5.23. The first-order valence-electron chi connectivity index (χ1n) is 8.67. The summed E-state index contributed by atoms with van der Waals surface area (Å²) in [7, 11) is 1.45. The van der Waals surface area contributed by atoms with Crippen molar-refractivity contribution >= 4 is 23.5 Å². The largest absolute Gasteiger partial charge is 0.417 e. The smallest absolute Gasteiger partial charge is 0.369 e. The van der Waals surface area contributed by atoms with Crippen LogP contribution in [0.4, 0.5) is 23.2 Å². The van der Waals surface area contributed by atoms with E-state index < -0.39 is 29.0 Å². The number of rotatable bonds is 3. The standard InChI is InChI=1S/C19H17F4N5O2/c1-18(8-15(29)28(2)17(24)27-18)12-7-11(4-5-13(12)20)26-16(30)14-6-3-10(9-25-14)19(21,22)23/h3-7,9H,8H2,1-2H3,(H2,24,27)(H,26,30)/t18-/m0/s1.